The quantitative estimate of drug-likeness (QED) is 0.216. The van der Waals surface area contributed by atoms with Crippen molar-refractivity contribution in [1.29, 1.82) is 0 Å². The first-order valence-electron chi connectivity index (χ1n) is 13.5. The van der Waals surface area contributed by atoms with Gasteiger partial charge in [0.25, 0.3) is 15.9 Å². The fourth-order valence-electron chi connectivity index (χ4n) is 4.43. The minimum Gasteiger partial charge on any atom is -0.495 e. The Kier molecular flexibility index (Phi) is 9.98. The van der Waals surface area contributed by atoms with Gasteiger partial charge < -0.3 is 14.4 Å². The van der Waals surface area contributed by atoms with E-state index in [1.54, 1.807) is 36.1 Å². The first-order valence-corrected chi connectivity index (χ1v) is 15.0. The number of rotatable bonds is 12. The number of sulfonamides is 1. The summed E-state index contributed by atoms with van der Waals surface area (Å²) >= 11 is 0. The summed E-state index contributed by atoms with van der Waals surface area (Å²) in [5.74, 6) is -0.778. The van der Waals surface area contributed by atoms with Crippen molar-refractivity contribution in [3.05, 3.63) is 125 Å². The van der Waals surface area contributed by atoms with Crippen LogP contribution in [0.5, 0.6) is 5.75 Å². The topological polar surface area (TPSA) is 102 Å². The third kappa shape index (κ3) is 7.76. The number of carbonyl (C=O) groups is 2. The lowest BCUT2D eigenvalue weighted by Crippen LogP contribution is -2.40. The van der Waals surface area contributed by atoms with Gasteiger partial charge in [-0.2, -0.15) is 0 Å². The Labute approximate surface area is 247 Å². The van der Waals surface area contributed by atoms with Crippen molar-refractivity contribution in [1.82, 2.24) is 4.90 Å². The predicted molar refractivity (Wildman–Crippen MR) is 162 cm³/mol. The molecule has 0 aromatic heterocycles. The number of amides is 1. The zero-order valence-electron chi connectivity index (χ0n) is 23.8. The van der Waals surface area contributed by atoms with Crippen LogP contribution in [-0.2, 0) is 32.5 Å². The molecule has 1 N–H and O–H groups in total. The summed E-state index contributed by atoms with van der Waals surface area (Å²) in [7, 11) is -2.62. The van der Waals surface area contributed by atoms with E-state index < -0.39 is 22.1 Å². The number of aryl methyl sites for hydroxylation is 1. The van der Waals surface area contributed by atoms with Crippen molar-refractivity contribution in [3.63, 3.8) is 0 Å². The average Bonchev–Trinajstić information content (AvgIpc) is 3.00. The Bertz CT molecular complexity index is 1630. The van der Waals surface area contributed by atoms with Gasteiger partial charge in [-0.15, -0.1) is 0 Å². The van der Waals surface area contributed by atoms with E-state index in [2.05, 4.69) is 4.72 Å². The second-order valence-corrected chi connectivity index (χ2v) is 11.5. The molecule has 0 unspecified atom stereocenters. The van der Waals surface area contributed by atoms with Crippen LogP contribution < -0.4 is 9.46 Å². The molecule has 1 atom stereocenters. The van der Waals surface area contributed by atoms with Crippen molar-refractivity contribution in [2.75, 3.05) is 18.4 Å². The van der Waals surface area contributed by atoms with Crippen LogP contribution >= 0.6 is 0 Å². The first kappa shape index (κ1) is 30.3. The molecule has 0 saturated carbocycles. The maximum atomic E-state index is 13.5. The lowest BCUT2D eigenvalue weighted by Gasteiger charge is -2.26. The summed E-state index contributed by atoms with van der Waals surface area (Å²) in [6.45, 7) is 3.99. The van der Waals surface area contributed by atoms with Crippen molar-refractivity contribution in [2.45, 2.75) is 37.8 Å². The summed E-state index contributed by atoms with van der Waals surface area (Å²) in [4.78, 5) is 28.3. The van der Waals surface area contributed by atoms with Crippen molar-refractivity contribution in [3.8, 4) is 5.75 Å². The molecule has 4 rings (SSSR count). The van der Waals surface area contributed by atoms with Gasteiger partial charge in [-0.05, 0) is 61.2 Å². The van der Waals surface area contributed by atoms with E-state index >= 15 is 0 Å². The summed E-state index contributed by atoms with van der Waals surface area (Å²) < 4.78 is 39.7. The third-order valence-corrected chi connectivity index (χ3v) is 8.13. The lowest BCUT2D eigenvalue weighted by molar-refractivity contribution is -0.140. The number of benzene rings is 4. The molecule has 0 radical (unpaired) electrons. The molecule has 0 aliphatic carbocycles. The number of nitrogens with one attached hydrogen (secondary N) is 1. The molecule has 0 spiro atoms. The molecule has 218 valence electrons. The fourth-order valence-corrected chi connectivity index (χ4v) is 5.53. The molecule has 1 amide bonds. The maximum absolute atomic E-state index is 13.5. The van der Waals surface area contributed by atoms with Crippen LogP contribution in [0.25, 0.3) is 0 Å². The lowest BCUT2D eigenvalue weighted by atomic mass is 10.1. The normalized spacial score (nSPS) is 11.8. The number of esters is 1. The summed E-state index contributed by atoms with van der Waals surface area (Å²) in [5.41, 5.74) is 2.87. The number of hydrogen-bond acceptors (Lipinski definition) is 6. The molecule has 0 aliphatic rings. The Balaban J connectivity index is 1.50. The molecule has 4 aromatic rings. The SMILES string of the molecule is COc1ccccc1NS(=O)(=O)c1ccc(C)c(C(=O)O[C@@H](C)C(=O)N(CCc2ccccc2)Cc2ccccc2)c1. The van der Waals surface area contributed by atoms with Crippen LogP contribution in [0.1, 0.15) is 34.0 Å². The van der Waals surface area contributed by atoms with Crippen molar-refractivity contribution < 1.29 is 27.5 Å². The minimum absolute atomic E-state index is 0.0523. The van der Waals surface area contributed by atoms with Crippen LogP contribution in [0.4, 0.5) is 5.69 Å². The number of nitrogens with zero attached hydrogens (tertiary/aromatic N) is 1. The van der Waals surface area contributed by atoms with Gasteiger partial charge in [-0.3, -0.25) is 9.52 Å². The van der Waals surface area contributed by atoms with Crippen LogP contribution in [-0.4, -0.2) is 45.0 Å². The highest BCUT2D eigenvalue weighted by molar-refractivity contribution is 7.92. The van der Waals surface area contributed by atoms with E-state index in [9.17, 15) is 18.0 Å². The highest BCUT2D eigenvalue weighted by atomic mass is 32.2. The molecular weight excluding hydrogens is 552 g/mol. The van der Waals surface area contributed by atoms with Gasteiger partial charge in [-0.25, -0.2) is 13.2 Å². The van der Waals surface area contributed by atoms with Crippen LogP contribution in [0, 0.1) is 6.92 Å². The Morgan fingerprint density at radius 3 is 2.14 bits per heavy atom. The van der Waals surface area contributed by atoms with E-state index in [0.717, 1.165) is 11.1 Å². The molecule has 9 heteroatoms. The number of carbonyl (C=O) groups excluding carboxylic acids is 2. The van der Waals surface area contributed by atoms with Crippen molar-refractivity contribution in [2.24, 2.45) is 0 Å². The highest BCUT2D eigenvalue weighted by Gasteiger charge is 2.26. The van der Waals surface area contributed by atoms with Gasteiger partial charge in [0.15, 0.2) is 6.10 Å². The number of methoxy groups -OCH3 is 1. The molecule has 0 aliphatic heterocycles. The third-order valence-electron chi connectivity index (χ3n) is 6.76. The van der Waals surface area contributed by atoms with Gasteiger partial charge in [0.2, 0.25) is 0 Å². The Morgan fingerprint density at radius 1 is 0.857 bits per heavy atom. The predicted octanol–water partition coefficient (Wildman–Crippen LogP) is 5.62. The number of anilines is 1. The molecule has 8 nitrogen and oxygen atoms in total. The first-order chi connectivity index (χ1) is 20.2. The maximum Gasteiger partial charge on any atom is 0.339 e. The van der Waals surface area contributed by atoms with Crippen LogP contribution in [0.15, 0.2) is 108 Å². The van der Waals surface area contributed by atoms with E-state index in [-0.39, 0.29) is 22.1 Å². The Morgan fingerprint density at radius 2 is 1.48 bits per heavy atom. The molecule has 0 fully saturated rings. The Hall–Kier alpha value is -4.63. The van der Waals surface area contributed by atoms with E-state index in [0.29, 0.717) is 30.8 Å². The smallest absolute Gasteiger partial charge is 0.339 e. The molecule has 4 aromatic carbocycles. The molecule has 0 bridgehead atoms. The minimum atomic E-state index is -4.06. The largest absolute Gasteiger partial charge is 0.495 e. The number of hydrogen-bond donors (Lipinski definition) is 1. The fraction of sp³-hybridized carbons (Fsp3) is 0.212. The molecule has 0 heterocycles. The second kappa shape index (κ2) is 13.8. The highest BCUT2D eigenvalue weighted by Crippen LogP contribution is 2.27. The zero-order chi connectivity index (χ0) is 30.1. The van der Waals surface area contributed by atoms with Gasteiger partial charge in [0.1, 0.15) is 5.75 Å². The zero-order valence-corrected chi connectivity index (χ0v) is 24.6. The monoisotopic (exact) mass is 586 g/mol. The summed E-state index contributed by atoms with van der Waals surface area (Å²) in [6, 6.07) is 30.2. The van der Waals surface area contributed by atoms with Gasteiger partial charge in [0, 0.05) is 13.1 Å². The number of para-hydroxylation sites is 2. The van der Waals surface area contributed by atoms with Gasteiger partial charge in [-0.1, -0.05) is 78.9 Å². The van der Waals surface area contributed by atoms with Crippen molar-refractivity contribution >= 4 is 27.6 Å². The summed E-state index contributed by atoms with van der Waals surface area (Å²) in [5, 5.41) is 0. The molecular formula is C33H34N2O6S. The van der Waals surface area contributed by atoms with Crippen LogP contribution in [0.3, 0.4) is 0 Å². The summed E-state index contributed by atoms with van der Waals surface area (Å²) in [6.07, 6.45) is -0.457. The van der Waals surface area contributed by atoms with E-state index in [1.807, 2.05) is 60.7 Å². The molecule has 42 heavy (non-hydrogen) atoms. The number of ether oxygens (including phenoxy) is 2. The standard InChI is InChI=1S/C33H34N2O6S/c1-24-18-19-28(42(38,39)34-30-16-10-11-17-31(30)40-3)22-29(24)33(37)41-25(2)32(36)35(23-27-14-8-5-9-15-27)21-20-26-12-6-4-7-13-26/h4-19,22,25,34H,20-21,23H2,1-3H3/t25-/m0/s1. The van der Waals surface area contributed by atoms with Gasteiger partial charge >= 0.3 is 5.97 Å². The van der Waals surface area contributed by atoms with Crippen LogP contribution in [0.2, 0.25) is 0 Å². The van der Waals surface area contributed by atoms with E-state index in [4.69, 9.17) is 9.47 Å². The molecule has 0 saturated heterocycles. The van der Waals surface area contributed by atoms with E-state index in [1.165, 1.54) is 32.2 Å². The second-order valence-electron chi connectivity index (χ2n) is 9.81. The average molecular weight is 587 g/mol. The van der Waals surface area contributed by atoms with Gasteiger partial charge in [0.05, 0.1) is 23.3 Å².